The van der Waals surface area contributed by atoms with Crippen molar-refractivity contribution in [1.82, 2.24) is 0 Å². The van der Waals surface area contributed by atoms with Crippen molar-refractivity contribution in [2.45, 2.75) is 31.8 Å². The Morgan fingerprint density at radius 3 is 2.50 bits per heavy atom. The fourth-order valence-corrected chi connectivity index (χ4v) is 3.28. The Morgan fingerprint density at radius 2 is 1.82 bits per heavy atom. The monoisotopic (exact) mass is 315 g/mol. The van der Waals surface area contributed by atoms with Crippen LogP contribution in [-0.2, 0) is 21.3 Å². The average molecular weight is 315 g/mol. The zero-order chi connectivity index (χ0) is 16.1. The van der Waals surface area contributed by atoms with Crippen molar-refractivity contribution in [2.24, 2.45) is 0 Å². The van der Waals surface area contributed by atoms with Gasteiger partial charge in [0.2, 0.25) is 5.91 Å². The second-order valence-corrected chi connectivity index (χ2v) is 7.21. The summed E-state index contributed by atoms with van der Waals surface area (Å²) in [6.07, 6.45) is 0. The third kappa shape index (κ3) is 4.28. The number of nitrogens with one attached hydrogen (secondary N) is 1. The number of aryl methyl sites for hydroxylation is 2. The quantitative estimate of drug-likeness (QED) is 0.916. The van der Waals surface area contributed by atoms with Gasteiger partial charge < -0.3 is 5.32 Å². The summed E-state index contributed by atoms with van der Waals surface area (Å²) in [5.41, 5.74) is 4.01. The number of carbonyl (C=O) groups is 1. The van der Waals surface area contributed by atoms with Crippen LogP contribution in [0, 0.1) is 13.8 Å². The molecule has 0 bridgehead atoms. The minimum absolute atomic E-state index is 0.213. The van der Waals surface area contributed by atoms with E-state index in [2.05, 4.69) is 5.32 Å². The van der Waals surface area contributed by atoms with Crippen molar-refractivity contribution in [1.29, 1.82) is 0 Å². The van der Waals surface area contributed by atoms with E-state index in [1.165, 1.54) is 0 Å². The maximum Gasteiger partial charge on any atom is 0.239 e. The van der Waals surface area contributed by atoms with E-state index < -0.39 is 16.0 Å². The molecular formula is C18H21NO2S. The Kier molecular flexibility index (Phi) is 5.50. The highest BCUT2D eigenvalue weighted by Crippen LogP contribution is 2.15. The lowest BCUT2D eigenvalue weighted by molar-refractivity contribution is -0.115. The van der Waals surface area contributed by atoms with Crippen molar-refractivity contribution < 1.29 is 9.00 Å². The molecule has 0 aliphatic carbocycles. The zero-order valence-electron chi connectivity index (χ0n) is 13.1. The van der Waals surface area contributed by atoms with E-state index in [1.54, 1.807) is 6.92 Å². The summed E-state index contributed by atoms with van der Waals surface area (Å²) in [7, 11) is -1.25. The van der Waals surface area contributed by atoms with Gasteiger partial charge in [0, 0.05) is 22.2 Å². The minimum atomic E-state index is -1.25. The van der Waals surface area contributed by atoms with Gasteiger partial charge in [-0.25, -0.2) is 0 Å². The molecule has 0 unspecified atom stereocenters. The summed E-state index contributed by atoms with van der Waals surface area (Å²) in [6, 6.07) is 15.3. The summed E-state index contributed by atoms with van der Waals surface area (Å²) in [4.78, 5) is 12.2. The van der Waals surface area contributed by atoms with Crippen LogP contribution in [0.3, 0.4) is 0 Å². The van der Waals surface area contributed by atoms with Crippen LogP contribution < -0.4 is 5.32 Å². The summed E-state index contributed by atoms with van der Waals surface area (Å²) < 4.78 is 12.5. The molecule has 0 aliphatic rings. The summed E-state index contributed by atoms with van der Waals surface area (Å²) in [5, 5.41) is 2.25. The highest BCUT2D eigenvalue weighted by Gasteiger charge is 2.20. The van der Waals surface area contributed by atoms with Gasteiger partial charge in [-0.3, -0.25) is 9.00 Å². The normalized spacial score (nSPS) is 13.4. The Labute approximate surface area is 134 Å². The molecule has 116 valence electrons. The number of amides is 1. The van der Waals surface area contributed by atoms with Crippen LogP contribution in [0.1, 0.15) is 23.6 Å². The van der Waals surface area contributed by atoms with E-state index in [4.69, 9.17) is 0 Å². The van der Waals surface area contributed by atoms with Crippen molar-refractivity contribution in [3.05, 3.63) is 65.2 Å². The van der Waals surface area contributed by atoms with E-state index in [-0.39, 0.29) is 5.91 Å². The molecule has 2 aromatic carbocycles. The van der Waals surface area contributed by atoms with Crippen LogP contribution in [-0.4, -0.2) is 15.4 Å². The van der Waals surface area contributed by atoms with Crippen molar-refractivity contribution in [3.63, 3.8) is 0 Å². The summed E-state index contributed by atoms with van der Waals surface area (Å²) in [5.74, 6) is 0.187. The van der Waals surface area contributed by atoms with Crippen molar-refractivity contribution in [3.8, 4) is 0 Å². The smallest absolute Gasteiger partial charge is 0.239 e. The van der Waals surface area contributed by atoms with Gasteiger partial charge in [0.1, 0.15) is 5.25 Å². The summed E-state index contributed by atoms with van der Waals surface area (Å²) >= 11 is 0. The van der Waals surface area contributed by atoms with Gasteiger partial charge in [0.25, 0.3) is 0 Å². The van der Waals surface area contributed by atoms with E-state index >= 15 is 0 Å². The molecule has 0 aromatic heterocycles. The first kappa shape index (κ1) is 16.4. The fourth-order valence-electron chi connectivity index (χ4n) is 2.12. The number of para-hydroxylation sites is 1. The number of benzene rings is 2. The lowest BCUT2D eigenvalue weighted by Gasteiger charge is -2.13. The van der Waals surface area contributed by atoms with E-state index in [0.717, 1.165) is 22.4 Å². The third-order valence-corrected chi connectivity index (χ3v) is 5.21. The number of rotatable bonds is 5. The average Bonchev–Trinajstić information content (AvgIpc) is 2.51. The molecule has 0 spiro atoms. The molecule has 2 rings (SSSR count). The summed E-state index contributed by atoms with van der Waals surface area (Å²) in [6.45, 7) is 5.72. The first-order valence-corrected chi connectivity index (χ1v) is 8.65. The van der Waals surface area contributed by atoms with Gasteiger partial charge in [-0.2, -0.15) is 0 Å². The number of anilines is 1. The lowest BCUT2D eigenvalue weighted by Crippen LogP contribution is -2.29. The van der Waals surface area contributed by atoms with E-state index in [9.17, 15) is 9.00 Å². The molecular weight excluding hydrogens is 294 g/mol. The molecule has 2 aromatic rings. The number of hydrogen-bond acceptors (Lipinski definition) is 2. The van der Waals surface area contributed by atoms with E-state index in [0.29, 0.717) is 5.75 Å². The minimum Gasteiger partial charge on any atom is -0.325 e. The maximum absolute atomic E-state index is 12.5. The van der Waals surface area contributed by atoms with Gasteiger partial charge in [0.15, 0.2) is 0 Å². The molecule has 3 nitrogen and oxygen atoms in total. The zero-order valence-corrected chi connectivity index (χ0v) is 13.9. The van der Waals surface area contributed by atoms with Gasteiger partial charge in [-0.1, -0.05) is 42.0 Å². The van der Waals surface area contributed by atoms with Crippen LogP contribution >= 0.6 is 0 Å². The highest BCUT2D eigenvalue weighted by atomic mass is 32.2. The van der Waals surface area contributed by atoms with Gasteiger partial charge in [0.05, 0.1) is 0 Å². The SMILES string of the molecule is Cc1ccc(C)c(C[S@](=O)[C@H](C)C(=O)Nc2ccccc2)c1. The Balaban J connectivity index is 2.02. The van der Waals surface area contributed by atoms with Crippen LogP contribution in [0.4, 0.5) is 5.69 Å². The van der Waals surface area contributed by atoms with Gasteiger partial charge in [-0.15, -0.1) is 0 Å². The van der Waals surface area contributed by atoms with E-state index in [1.807, 2.05) is 62.4 Å². The second kappa shape index (κ2) is 7.36. The standard InChI is InChI=1S/C18H21NO2S/c1-13-9-10-14(2)16(11-13)12-22(21)15(3)18(20)19-17-7-5-4-6-8-17/h4-11,15H,12H2,1-3H3,(H,19,20)/t15-,22+/m1/s1. The third-order valence-electron chi connectivity index (χ3n) is 3.61. The van der Waals surface area contributed by atoms with Crippen LogP contribution in [0.2, 0.25) is 0 Å². The molecule has 22 heavy (non-hydrogen) atoms. The predicted molar refractivity (Wildman–Crippen MR) is 92.3 cm³/mol. The predicted octanol–water partition coefficient (Wildman–Crippen LogP) is 3.58. The maximum atomic E-state index is 12.5. The van der Waals surface area contributed by atoms with Crippen LogP contribution in [0.25, 0.3) is 0 Å². The molecule has 4 heteroatoms. The topological polar surface area (TPSA) is 46.2 Å². The molecule has 0 heterocycles. The van der Waals surface area contributed by atoms with Crippen LogP contribution in [0.15, 0.2) is 48.5 Å². The first-order valence-electron chi connectivity index (χ1n) is 7.26. The fraction of sp³-hybridized carbons (Fsp3) is 0.278. The molecule has 2 atom stereocenters. The Morgan fingerprint density at radius 1 is 1.14 bits per heavy atom. The highest BCUT2D eigenvalue weighted by molar-refractivity contribution is 7.85. The molecule has 0 saturated carbocycles. The van der Waals surface area contributed by atoms with Crippen LogP contribution in [0.5, 0.6) is 0 Å². The van der Waals surface area contributed by atoms with Crippen molar-refractivity contribution >= 4 is 22.4 Å². The molecule has 0 aliphatic heterocycles. The Bertz CT molecular complexity index is 683. The molecule has 1 N–H and O–H groups in total. The van der Waals surface area contributed by atoms with Gasteiger partial charge in [-0.05, 0) is 44.0 Å². The molecule has 0 saturated heterocycles. The van der Waals surface area contributed by atoms with Crippen molar-refractivity contribution in [2.75, 3.05) is 5.32 Å². The molecule has 0 radical (unpaired) electrons. The molecule has 1 amide bonds. The first-order chi connectivity index (χ1) is 10.5. The largest absolute Gasteiger partial charge is 0.325 e. The number of carbonyl (C=O) groups excluding carboxylic acids is 1. The number of hydrogen-bond donors (Lipinski definition) is 1. The lowest BCUT2D eigenvalue weighted by atomic mass is 10.1. The Hall–Kier alpha value is -1.94. The molecule has 0 fully saturated rings. The van der Waals surface area contributed by atoms with Gasteiger partial charge >= 0.3 is 0 Å². The second-order valence-electron chi connectivity index (χ2n) is 5.45.